The molecule has 1 unspecified atom stereocenters. The lowest BCUT2D eigenvalue weighted by molar-refractivity contribution is -0.137. The minimum absolute atomic E-state index is 0.348. The van der Waals surface area contributed by atoms with Gasteiger partial charge in [0.25, 0.3) is 0 Å². The van der Waals surface area contributed by atoms with Gasteiger partial charge in [-0.2, -0.15) is 13.2 Å². The van der Waals surface area contributed by atoms with Crippen LogP contribution in [0.3, 0.4) is 0 Å². The van der Waals surface area contributed by atoms with Crippen LogP contribution in [0.25, 0.3) is 17.3 Å². The van der Waals surface area contributed by atoms with Crippen molar-refractivity contribution in [1.82, 2.24) is 15.0 Å². The van der Waals surface area contributed by atoms with Crippen LogP contribution in [-0.4, -0.2) is 15.0 Å². The summed E-state index contributed by atoms with van der Waals surface area (Å²) in [6.45, 7) is 0. The molecule has 1 aliphatic carbocycles. The van der Waals surface area contributed by atoms with Crippen LogP contribution in [-0.2, 0) is 11.7 Å². The number of pyridine rings is 1. The molecule has 0 radical (unpaired) electrons. The van der Waals surface area contributed by atoms with Crippen molar-refractivity contribution in [3.05, 3.63) is 77.4 Å². The Hall–Kier alpha value is -3.26. The molecule has 142 valence electrons. The number of halogens is 3. The summed E-state index contributed by atoms with van der Waals surface area (Å²) < 4.78 is 38.4. The zero-order valence-electron chi connectivity index (χ0n) is 14.6. The average Bonchev–Trinajstić information content (AvgIpc) is 2.68. The summed E-state index contributed by atoms with van der Waals surface area (Å²) in [5.41, 5.74) is 13.8. The number of anilines is 1. The van der Waals surface area contributed by atoms with E-state index in [2.05, 4.69) is 15.0 Å². The van der Waals surface area contributed by atoms with Crippen molar-refractivity contribution < 1.29 is 13.2 Å². The zero-order valence-corrected chi connectivity index (χ0v) is 14.6. The predicted octanol–water partition coefficient (Wildman–Crippen LogP) is 3.76. The first-order valence-corrected chi connectivity index (χ1v) is 8.50. The van der Waals surface area contributed by atoms with Crippen LogP contribution in [0.15, 0.2) is 54.9 Å². The van der Waals surface area contributed by atoms with E-state index in [-0.39, 0.29) is 0 Å². The molecule has 2 aromatic heterocycles. The third kappa shape index (κ3) is 3.11. The van der Waals surface area contributed by atoms with Gasteiger partial charge >= 0.3 is 6.18 Å². The Balaban J connectivity index is 1.76. The van der Waals surface area contributed by atoms with Gasteiger partial charge in [0, 0.05) is 5.56 Å². The Morgan fingerprint density at radius 1 is 1.00 bits per heavy atom. The zero-order chi connectivity index (χ0) is 19.9. The van der Waals surface area contributed by atoms with Crippen molar-refractivity contribution in [2.45, 2.75) is 18.1 Å². The van der Waals surface area contributed by atoms with Crippen molar-refractivity contribution in [1.29, 1.82) is 0 Å². The molecule has 0 bridgehead atoms. The fraction of sp³-hybridized carbons (Fsp3) is 0.150. The molecule has 1 atom stereocenters. The second-order valence-corrected chi connectivity index (χ2v) is 6.62. The highest BCUT2D eigenvalue weighted by molar-refractivity contribution is 5.63. The van der Waals surface area contributed by atoms with Gasteiger partial charge in [0.15, 0.2) is 0 Å². The summed E-state index contributed by atoms with van der Waals surface area (Å²) in [5.74, 6) is 0.348. The van der Waals surface area contributed by atoms with Gasteiger partial charge in [-0.15, -0.1) is 0 Å². The number of hydrogen-bond acceptors (Lipinski definition) is 5. The Morgan fingerprint density at radius 3 is 2.46 bits per heavy atom. The highest BCUT2D eigenvalue weighted by atomic mass is 19.4. The largest absolute Gasteiger partial charge is 0.416 e. The molecule has 0 aliphatic heterocycles. The van der Waals surface area contributed by atoms with Crippen molar-refractivity contribution >= 4 is 11.9 Å². The number of benzene rings is 1. The standard InChI is InChI=1S/C20H16F3N5/c21-20(22,23)14-6-3-12(4-7-14)15-10-16(27-11-26-15)19(25)9-1-2-13-5-8-17(24)28-18(13)19/h1-8,10-11H,9,25H2,(H2,24,28). The monoisotopic (exact) mass is 383 g/mol. The van der Waals surface area contributed by atoms with E-state index >= 15 is 0 Å². The molecule has 0 amide bonds. The average molecular weight is 383 g/mol. The second kappa shape index (κ2) is 6.42. The molecule has 2 heterocycles. The molecular weight excluding hydrogens is 367 g/mol. The van der Waals surface area contributed by atoms with Crippen LogP contribution in [0.4, 0.5) is 19.0 Å². The van der Waals surface area contributed by atoms with Crippen molar-refractivity contribution in [3.8, 4) is 11.3 Å². The first kappa shape index (κ1) is 18.1. The van der Waals surface area contributed by atoms with Crippen LogP contribution in [0.5, 0.6) is 0 Å². The quantitative estimate of drug-likeness (QED) is 0.703. The lowest BCUT2D eigenvalue weighted by atomic mass is 9.81. The maximum absolute atomic E-state index is 12.8. The summed E-state index contributed by atoms with van der Waals surface area (Å²) in [4.78, 5) is 12.9. The molecule has 0 saturated carbocycles. The molecular formula is C20H16F3N5. The van der Waals surface area contributed by atoms with Gasteiger partial charge in [0.2, 0.25) is 0 Å². The third-order valence-electron chi connectivity index (χ3n) is 4.74. The van der Waals surface area contributed by atoms with Crippen LogP contribution >= 0.6 is 0 Å². The van der Waals surface area contributed by atoms with Crippen molar-refractivity contribution in [2.75, 3.05) is 5.73 Å². The number of nitrogens with two attached hydrogens (primary N) is 2. The van der Waals surface area contributed by atoms with E-state index in [0.717, 1.165) is 17.7 Å². The number of aromatic nitrogens is 3. The summed E-state index contributed by atoms with van der Waals surface area (Å²) in [6, 6.07) is 10.0. The fourth-order valence-corrected chi connectivity index (χ4v) is 3.26. The maximum atomic E-state index is 12.8. The Bertz CT molecular complexity index is 1060. The minimum atomic E-state index is -4.39. The molecule has 4 rings (SSSR count). The summed E-state index contributed by atoms with van der Waals surface area (Å²) in [5, 5.41) is 0. The molecule has 8 heteroatoms. The lowest BCUT2D eigenvalue weighted by Gasteiger charge is -2.31. The molecule has 4 N–H and O–H groups in total. The molecule has 0 spiro atoms. The number of rotatable bonds is 2. The van der Waals surface area contributed by atoms with E-state index in [4.69, 9.17) is 11.5 Å². The van der Waals surface area contributed by atoms with Gasteiger partial charge in [-0.3, -0.25) is 0 Å². The van der Waals surface area contributed by atoms with E-state index in [0.29, 0.717) is 34.9 Å². The van der Waals surface area contributed by atoms with Crippen LogP contribution in [0, 0.1) is 0 Å². The van der Waals surface area contributed by atoms with Gasteiger partial charge in [-0.05, 0) is 42.3 Å². The number of alkyl halides is 3. The summed E-state index contributed by atoms with van der Waals surface area (Å²) in [7, 11) is 0. The summed E-state index contributed by atoms with van der Waals surface area (Å²) in [6.07, 6.45) is 1.27. The molecule has 0 saturated heterocycles. The molecule has 5 nitrogen and oxygen atoms in total. The fourth-order valence-electron chi connectivity index (χ4n) is 3.26. The van der Waals surface area contributed by atoms with E-state index < -0.39 is 17.3 Å². The van der Waals surface area contributed by atoms with Gasteiger partial charge in [0.1, 0.15) is 17.7 Å². The first-order valence-electron chi connectivity index (χ1n) is 8.50. The number of fused-ring (bicyclic) bond motifs is 1. The Morgan fingerprint density at radius 2 is 1.75 bits per heavy atom. The molecule has 1 aliphatic rings. The Kier molecular flexibility index (Phi) is 4.15. The van der Waals surface area contributed by atoms with E-state index in [1.807, 2.05) is 18.2 Å². The van der Waals surface area contributed by atoms with Crippen LogP contribution < -0.4 is 11.5 Å². The van der Waals surface area contributed by atoms with Crippen LogP contribution in [0.1, 0.15) is 28.9 Å². The van der Waals surface area contributed by atoms with Gasteiger partial charge in [0.05, 0.1) is 22.6 Å². The third-order valence-corrected chi connectivity index (χ3v) is 4.74. The van der Waals surface area contributed by atoms with Gasteiger partial charge < -0.3 is 11.5 Å². The topological polar surface area (TPSA) is 90.7 Å². The first-order chi connectivity index (χ1) is 13.3. The van der Waals surface area contributed by atoms with E-state index in [1.54, 1.807) is 12.1 Å². The van der Waals surface area contributed by atoms with E-state index in [9.17, 15) is 13.2 Å². The normalized spacial score (nSPS) is 18.7. The SMILES string of the molecule is Nc1ccc2c(n1)C(N)(c1cc(-c3ccc(C(F)(F)F)cc3)ncn1)CC=C2. The van der Waals surface area contributed by atoms with Gasteiger partial charge in [-0.25, -0.2) is 15.0 Å². The highest BCUT2D eigenvalue weighted by Crippen LogP contribution is 2.36. The predicted molar refractivity (Wildman–Crippen MR) is 99.7 cm³/mol. The smallest absolute Gasteiger partial charge is 0.384 e. The lowest BCUT2D eigenvalue weighted by Crippen LogP contribution is -2.41. The highest BCUT2D eigenvalue weighted by Gasteiger charge is 2.36. The molecule has 28 heavy (non-hydrogen) atoms. The maximum Gasteiger partial charge on any atom is 0.416 e. The summed E-state index contributed by atoms with van der Waals surface area (Å²) >= 11 is 0. The number of nitrogens with zero attached hydrogens (tertiary/aromatic N) is 3. The molecule has 3 aromatic rings. The molecule has 1 aromatic carbocycles. The number of nitrogen functional groups attached to an aromatic ring is 1. The van der Waals surface area contributed by atoms with Gasteiger partial charge in [-0.1, -0.05) is 24.3 Å². The Labute approximate surface area is 159 Å². The van der Waals surface area contributed by atoms with Crippen LogP contribution in [0.2, 0.25) is 0 Å². The second-order valence-electron chi connectivity index (χ2n) is 6.62. The minimum Gasteiger partial charge on any atom is -0.384 e. The van der Waals surface area contributed by atoms with Crippen molar-refractivity contribution in [3.63, 3.8) is 0 Å². The molecule has 0 fully saturated rings. The van der Waals surface area contributed by atoms with E-state index in [1.165, 1.54) is 18.5 Å². The van der Waals surface area contributed by atoms with Crippen molar-refractivity contribution in [2.24, 2.45) is 5.73 Å². The number of hydrogen-bond donors (Lipinski definition) is 2.